The zero-order chi connectivity index (χ0) is 36.2. The van der Waals surface area contributed by atoms with Crippen molar-refractivity contribution in [2.75, 3.05) is 16.9 Å². The summed E-state index contributed by atoms with van der Waals surface area (Å²) in [5.41, 5.74) is 17.0. The molecule has 22 heteroatoms. The summed E-state index contributed by atoms with van der Waals surface area (Å²) in [4.78, 5) is 20.6. The smallest absolute Gasteiger partial charge is 0.744 e. The maximum atomic E-state index is 11.7. The van der Waals surface area contributed by atoms with Crippen LogP contribution in [0.4, 0.5) is 39.8 Å². The van der Waals surface area contributed by atoms with E-state index in [0.717, 1.165) is 35.4 Å². The summed E-state index contributed by atoms with van der Waals surface area (Å²) in [7, 11) is -10.3. The Bertz CT molecular complexity index is 2420. The predicted molar refractivity (Wildman–Crippen MR) is 176 cm³/mol. The Labute approximate surface area is 368 Å². The van der Waals surface area contributed by atoms with E-state index in [0.29, 0.717) is 17.4 Å². The Morgan fingerprint density at radius 3 is 1.75 bits per heavy atom. The number of nitrogens with zero attached hydrogens (tertiary/aromatic N) is 5. The molecule has 1 aliphatic carbocycles. The molecule has 1 aliphatic rings. The standard InChI is InChI=1S/C31H24N8O9S2.3Na/c32-24-15-25(33)28(39-37-26-11-10-22(49(43,44)45)14-30(26)50(46,47)48)16-27(24)38-35-20-7-3-18(4-8-20)17-1-5-19(6-2-17)34-36-21-9-12-29(40)23(13-21)31(41)42;;;/h1-16,34H,32-33H2,(H,41,42)(H,43,44,45)(H,46,47,48);;;/q;3*+1/p-3. The number of carbonyl (C=O) groups is 2. The molecular formula is C31H21N8Na3O9S2. The minimum absolute atomic E-state index is 0. The first-order valence-electron chi connectivity index (χ1n) is 13.9. The number of hydrogen-bond acceptors (Lipinski definition) is 17. The first-order valence-corrected chi connectivity index (χ1v) is 16.7. The van der Waals surface area contributed by atoms with E-state index in [1.165, 1.54) is 18.2 Å². The molecule has 0 saturated carbocycles. The van der Waals surface area contributed by atoms with Gasteiger partial charge in [0, 0.05) is 5.57 Å². The van der Waals surface area contributed by atoms with Crippen LogP contribution < -0.4 is 111 Å². The van der Waals surface area contributed by atoms with Crippen molar-refractivity contribution in [2.24, 2.45) is 25.6 Å². The van der Waals surface area contributed by atoms with Gasteiger partial charge in [0.25, 0.3) is 0 Å². The molecule has 0 unspecified atom stereocenters. The molecule has 4 aromatic carbocycles. The molecular weight excluding hydrogens is 761 g/mol. The van der Waals surface area contributed by atoms with E-state index in [9.17, 15) is 40.6 Å². The molecule has 5 N–H and O–H groups in total. The molecule has 0 saturated heterocycles. The Hall–Kier alpha value is -3.41. The fourth-order valence-electron chi connectivity index (χ4n) is 4.27. The first kappa shape index (κ1) is 45.7. The number of hydrogen-bond donors (Lipinski definition) is 3. The quantitative estimate of drug-likeness (QED) is 0.0259. The van der Waals surface area contributed by atoms with Gasteiger partial charge < -0.3 is 30.5 Å². The summed E-state index contributed by atoms with van der Waals surface area (Å²) >= 11 is 0. The van der Waals surface area contributed by atoms with Gasteiger partial charge in [0.15, 0.2) is 5.78 Å². The van der Waals surface area contributed by atoms with Crippen molar-refractivity contribution < 1.29 is 129 Å². The van der Waals surface area contributed by atoms with Gasteiger partial charge in [-0.25, -0.2) is 16.8 Å². The summed E-state index contributed by atoms with van der Waals surface area (Å²) in [5.74, 6) is -2.26. The fraction of sp³-hybridized carbons (Fsp3) is 0. The molecule has 0 radical (unpaired) electrons. The van der Waals surface area contributed by atoms with Crippen LogP contribution in [0.5, 0.6) is 0 Å². The van der Waals surface area contributed by atoms with Gasteiger partial charge in [-0.05, 0) is 84.0 Å². The number of carbonyl (C=O) groups excluding carboxylic acids is 2. The molecule has 0 fully saturated rings. The van der Waals surface area contributed by atoms with E-state index < -0.39 is 53.0 Å². The van der Waals surface area contributed by atoms with Crippen LogP contribution in [0, 0.1) is 0 Å². The summed E-state index contributed by atoms with van der Waals surface area (Å²) in [6.07, 6.45) is 3.59. The Morgan fingerprint density at radius 1 is 0.660 bits per heavy atom. The second kappa shape index (κ2) is 19.3. The van der Waals surface area contributed by atoms with E-state index >= 15 is 0 Å². The molecule has 5 rings (SSSR count). The first-order chi connectivity index (χ1) is 23.6. The third-order valence-corrected chi connectivity index (χ3v) is 8.48. The minimum atomic E-state index is -5.25. The van der Waals surface area contributed by atoms with Gasteiger partial charge in [0.1, 0.15) is 37.3 Å². The second-order valence-electron chi connectivity index (χ2n) is 10.2. The number of rotatable bonds is 10. The number of carboxylic acid groups (broad SMARTS) is 1. The number of ketones is 1. The molecule has 254 valence electrons. The van der Waals surface area contributed by atoms with Gasteiger partial charge in [-0.2, -0.15) is 10.2 Å². The number of aliphatic carboxylic acids is 1. The number of nitrogen functional groups attached to an aromatic ring is 2. The predicted octanol–water partition coefficient (Wildman–Crippen LogP) is -5.25. The van der Waals surface area contributed by atoms with Crippen LogP contribution in [0.3, 0.4) is 0 Å². The number of carboxylic acids is 1. The van der Waals surface area contributed by atoms with Crippen molar-refractivity contribution in [3.05, 3.63) is 103 Å². The summed E-state index contributed by atoms with van der Waals surface area (Å²) in [6.45, 7) is 0. The van der Waals surface area contributed by atoms with Crippen molar-refractivity contribution in [3.63, 3.8) is 0 Å². The summed E-state index contributed by atoms with van der Waals surface area (Å²) in [5, 5.41) is 31.0. The van der Waals surface area contributed by atoms with Gasteiger partial charge in [-0.15, -0.1) is 15.3 Å². The van der Waals surface area contributed by atoms with Crippen molar-refractivity contribution in [1.82, 2.24) is 0 Å². The van der Waals surface area contributed by atoms with E-state index in [-0.39, 0.29) is 117 Å². The second-order valence-corrected chi connectivity index (χ2v) is 13.0. The average molecular weight is 783 g/mol. The molecule has 53 heavy (non-hydrogen) atoms. The maximum Gasteiger partial charge on any atom is 1.00 e. The van der Waals surface area contributed by atoms with Gasteiger partial charge in [-0.1, -0.05) is 24.3 Å². The normalized spacial score (nSPS) is 13.6. The molecule has 0 bridgehead atoms. The van der Waals surface area contributed by atoms with Crippen LogP contribution in [-0.4, -0.2) is 43.4 Å². The zero-order valence-electron chi connectivity index (χ0n) is 28.1. The Kier molecular flexibility index (Phi) is 16.6. The van der Waals surface area contributed by atoms with E-state index in [1.807, 2.05) is 12.1 Å². The fourth-order valence-corrected chi connectivity index (χ4v) is 5.48. The molecule has 4 aromatic rings. The SMILES string of the molecule is Nc1cc(N)c(N=Nc2ccc(S(=O)(=O)[O-])cc2S(=O)(=O)[O-])cc1N=Nc1ccc(-c2ccc(NN=C3C=CC(=O)C(C(=O)[O-])=C3)cc2)cc1.[Na+].[Na+].[Na+]. The zero-order valence-corrected chi connectivity index (χ0v) is 35.8. The molecule has 0 amide bonds. The van der Waals surface area contributed by atoms with Crippen LogP contribution in [0.15, 0.2) is 138 Å². The third-order valence-electron chi connectivity index (χ3n) is 6.79. The number of benzene rings is 4. The van der Waals surface area contributed by atoms with Crippen molar-refractivity contribution in [3.8, 4) is 11.1 Å². The van der Waals surface area contributed by atoms with Gasteiger partial charge in [-0.3, -0.25) is 10.2 Å². The minimum Gasteiger partial charge on any atom is -0.744 e. The third kappa shape index (κ3) is 12.0. The van der Waals surface area contributed by atoms with E-state index in [1.54, 1.807) is 36.4 Å². The van der Waals surface area contributed by atoms with Crippen LogP contribution >= 0.6 is 0 Å². The number of nitrogens with two attached hydrogens (primary N) is 2. The maximum absolute atomic E-state index is 11.7. The summed E-state index contributed by atoms with van der Waals surface area (Å²) < 4.78 is 68.9. The van der Waals surface area contributed by atoms with Crippen LogP contribution in [-0.2, 0) is 29.8 Å². The largest absolute Gasteiger partial charge is 1.00 e. The van der Waals surface area contributed by atoms with Gasteiger partial charge in [0.05, 0.1) is 44.2 Å². The Morgan fingerprint density at radius 2 is 1.21 bits per heavy atom. The van der Waals surface area contributed by atoms with Crippen molar-refractivity contribution in [2.45, 2.75) is 9.79 Å². The number of nitrogens with one attached hydrogen (secondary N) is 1. The molecule has 0 atom stereocenters. The topological polar surface area (TPSA) is 297 Å². The molecule has 0 aromatic heterocycles. The monoisotopic (exact) mass is 782 g/mol. The number of anilines is 3. The molecule has 0 aliphatic heterocycles. The Balaban J connectivity index is 0.00000324. The van der Waals surface area contributed by atoms with Crippen molar-refractivity contribution in [1.29, 1.82) is 0 Å². The number of hydrazone groups is 1. The van der Waals surface area contributed by atoms with Crippen LogP contribution in [0.1, 0.15) is 0 Å². The van der Waals surface area contributed by atoms with E-state index in [2.05, 4.69) is 31.0 Å². The average Bonchev–Trinajstić information content (AvgIpc) is 3.06. The number of azo groups is 2. The van der Waals surface area contributed by atoms with Crippen LogP contribution in [0.25, 0.3) is 11.1 Å². The van der Waals surface area contributed by atoms with Crippen LogP contribution in [0.2, 0.25) is 0 Å². The van der Waals surface area contributed by atoms with E-state index in [4.69, 9.17) is 11.5 Å². The van der Waals surface area contributed by atoms with Gasteiger partial charge in [0.2, 0.25) is 0 Å². The van der Waals surface area contributed by atoms with Crippen molar-refractivity contribution >= 4 is 77.5 Å². The number of allylic oxidation sites excluding steroid dienone is 3. The summed E-state index contributed by atoms with van der Waals surface area (Å²) in [6, 6.07) is 18.8. The molecule has 0 heterocycles. The van der Waals surface area contributed by atoms with Gasteiger partial charge >= 0.3 is 88.7 Å². The molecule has 0 spiro atoms. The molecule has 17 nitrogen and oxygen atoms in total.